The highest BCUT2D eigenvalue weighted by atomic mass is 32.1. The van der Waals surface area contributed by atoms with Gasteiger partial charge in [-0.25, -0.2) is 14.5 Å². The summed E-state index contributed by atoms with van der Waals surface area (Å²) in [6.07, 6.45) is 4.35. The second-order valence-corrected chi connectivity index (χ2v) is 7.23. The number of carbonyl (C=O) groups excluding carboxylic acids is 1. The highest BCUT2D eigenvalue weighted by Crippen LogP contribution is 2.38. The van der Waals surface area contributed by atoms with E-state index in [0.29, 0.717) is 29.8 Å². The van der Waals surface area contributed by atoms with Crippen LogP contribution in [0.15, 0.2) is 34.7 Å². The van der Waals surface area contributed by atoms with E-state index in [0.717, 1.165) is 22.1 Å². The van der Waals surface area contributed by atoms with Crippen molar-refractivity contribution in [1.82, 2.24) is 19.7 Å². The smallest absolute Gasteiger partial charge is 0.438 e. The van der Waals surface area contributed by atoms with E-state index in [-0.39, 0.29) is 12.5 Å². The van der Waals surface area contributed by atoms with Gasteiger partial charge in [-0.1, -0.05) is 0 Å². The number of hydrogen-bond donors (Lipinski definition) is 0. The van der Waals surface area contributed by atoms with E-state index < -0.39 is 12.7 Å². The summed E-state index contributed by atoms with van der Waals surface area (Å²) >= 11 is 1.48. The number of hydrogen-bond acceptors (Lipinski definition) is 8. The van der Waals surface area contributed by atoms with Crippen LogP contribution in [0, 0.1) is 5.92 Å². The lowest BCUT2D eigenvalue weighted by atomic mass is 10.0. The summed E-state index contributed by atoms with van der Waals surface area (Å²) in [4.78, 5) is 22.3. The van der Waals surface area contributed by atoms with E-state index >= 15 is 0 Å². The third-order valence-corrected chi connectivity index (χ3v) is 5.39. The fourth-order valence-electron chi connectivity index (χ4n) is 3.38. The van der Waals surface area contributed by atoms with Gasteiger partial charge in [0.1, 0.15) is 0 Å². The van der Waals surface area contributed by atoms with Crippen molar-refractivity contribution in [3.63, 3.8) is 0 Å². The average molecular weight is 409 g/mol. The van der Waals surface area contributed by atoms with Gasteiger partial charge < -0.3 is 14.4 Å². The van der Waals surface area contributed by atoms with Crippen molar-refractivity contribution in [1.29, 1.82) is 0 Å². The minimum atomic E-state index is -2.70. The molecule has 1 fully saturated rings. The summed E-state index contributed by atoms with van der Waals surface area (Å²) in [5.74, 6) is 0.771. The number of alkyl halides is 2. The van der Waals surface area contributed by atoms with Gasteiger partial charge in [0.25, 0.3) is 0 Å². The van der Waals surface area contributed by atoms with Crippen LogP contribution >= 0.6 is 11.3 Å². The highest BCUT2D eigenvalue weighted by Gasteiger charge is 2.36. The third kappa shape index (κ3) is 3.49. The molecule has 1 saturated heterocycles. The van der Waals surface area contributed by atoms with Crippen molar-refractivity contribution in [3.05, 3.63) is 40.2 Å². The molecule has 28 heavy (non-hydrogen) atoms. The Bertz CT molecular complexity index is 925. The molecule has 0 aliphatic carbocycles. The molecule has 1 atom stereocenters. The molecule has 8 nitrogen and oxygen atoms in total. The maximum absolute atomic E-state index is 12.9. The Hall–Kier alpha value is -2.82. The number of carbonyl (C=O) groups is 1. The normalized spacial score (nSPS) is 19.1. The van der Waals surface area contributed by atoms with Gasteiger partial charge in [0.2, 0.25) is 0 Å². The number of fused-ring (bicyclic) bond motifs is 1. The Labute approximate surface area is 163 Å². The summed E-state index contributed by atoms with van der Waals surface area (Å²) in [5.41, 5.74) is 2.41. The minimum Gasteiger partial charge on any atom is -0.438 e. The highest BCUT2D eigenvalue weighted by molar-refractivity contribution is 7.11. The predicted octanol–water partition coefficient (Wildman–Crippen LogP) is 3.01. The zero-order valence-corrected chi connectivity index (χ0v) is 15.7. The van der Waals surface area contributed by atoms with Gasteiger partial charge in [0, 0.05) is 47.1 Å². The predicted molar refractivity (Wildman–Crippen MR) is 97.1 cm³/mol. The number of thiazole rings is 1. The number of nitrogens with zero attached hydrogens (tertiary/aromatic N) is 5. The molecule has 2 aromatic rings. The number of ether oxygens (including phenoxy) is 2. The van der Waals surface area contributed by atoms with E-state index in [1.807, 2.05) is 10.3 Å². The number of rotatable bonds is 5. The van der Waals surface area contributed by atoms with Gasteiger partial charge in [-0.2, -0.15) is 13.9 Å². The Morgan fingerprint density at radius 1 is 1.46 bits per heavy atom. The molecule has 0 aromatic carbocycles. The van der Waals surface area contributed by atoms with E-state index in [4.69, 9.17) is 4.74 Å². The summed E-state index contributed by atoms with van der Waals surface area (Å²) in [7, 11) is 1.26. The maximum Gasteiger partial charge on any atom is 0.507 e. The van der Waals surface area contributed by atoms with Gasteiger partial charge in [-0.15, -0.1) is 11.3 Å². The Balaban J connectivity index is 1.64. The molecule has 2 aromatic heterocycles. The van der Waals surface area contributed by atoms with Gasteiger partial charge >= 0.3 is 12.7 Å². The lowest BCUT2D eigenvalue weighted by Crippen LogP contribution is -2.32. The fraction of sp³-hybridized carbons (Fsp3) is 0.412. The van der Waals surface area contributed by atoms with Crippen molar-refractivity contribution < 1.29 is 23.0 Å². The molecular weight excluding hydrogens is 392 g/mol. The van der Waals surface area contributed by atoms with Crippen molar-refractivity contribution >= 4 is 28.9 Å². The van der Waals surface area contributed by atoms with Crippen molar-refractivity contribution in [2.24, 2.45) is 10.9 Å². The molecular formula is C17H17F2N5O3S. The number of allylic oxidation sites excluding steroid dienone is 1. The van der Waals surface area contributed by atoms with Crippen LogP contribution in [0.4, 0.5) is 13.6 Å². The van der Waals surface area contributed by atoms with Crippen molar-refractivity contribution in [2.45, 2.75) is 13.0 Å². The lowest BCUT2D eigenvalue weighted by molar-refractivity contribution is 0.0565. The maximum atomic E-state index is 12.9. The zero-order chi connectivity index (χ0) is 19.7. The van der Waals surface area contributed by atoms with Crippen LogP contribution < -0.4 is 0 Å². The van der Waals surface area contributed by atoms with E-state index in [1.165, 1.54) is 30.8 Å². The molecule has 0 radical (unpaired) electrons. The van der Waals surface area contributed by atoms with Gasteiger partial charge in [0.05, 0.1) is 26.5 Å². The second kappa shape index (κ2) is 7.66. The van der Waals surface area contributed by atoms with Crippen LogP contribution in [-0.4, -0.2) is 58.5 Å². The largest absolute Gasteiger partial charge is 0.507 e. The van der Waals surface area contributed by atoms with Crippen LogP contribution in [0.25, 0.3) is 5.57 Å². The number of aliphatic imine (C=N–C) groups is 1. The summed E-state index contributed by atoms with van der Waals surface area (Å²) in [5, 5.41) is 6.39. The first-order chi connectivity index (χ1) is 13.6. The molecule has 4 heterocycles. The zero-order valence-electron chi connectivity index (χ0n) is 14.9. The van der Waals surface area contributed by atoms with Crippen LogP contribution in [0.3, 0.4) is 0 Å². The van der Waals surface area contributed by atoms with Crippen LogP contribution in [0.1, 0.15) is 23.5 Å². The topological polar surface area (TPSA) is 81.8 Å². The molecule has 0 amide bonds. The number of amidine groups is 1. The molecule has 11 heteroatoms. The number of methoxy groups -OCH3 is 1. The molecule has 0 saturated carbocycles. The quantitative estimate of drug-likeness (QED) is 0.706. The van der Waals surface area contributed by atoms with Crippen LogP contribution in [-0.2, 0) is 9.47 Å². The summed E-state index contributed by atoms with van der Waals surface area (Å²) < 4.78 is 36.1. The SMILES string of the molecule is COC(=O)OCC1CC2=C(c3cnn(C(F)F)c3)CN=C(c3nccs3)N2C1. The molecule has 148 valence electrons. The Kier molecular flexibility index (Phi) is 5.07. The Morgan fingerprint density at radius 3 is 3.00 bits per heavy atom. The number of halogens is 2. The first-order valence-electron chi connectivity index (χ1n) is 8.54. The minimum absolute atomic E-state index is 0.0255. The fourth-order valence-corrected chi connectivity index (χ4v) is 4.03. The van der Waals surface area contributed by atoms with Crippen LogP contribution in [0.2, 0.25) is 0 Å². The standard InChI is InChI=1S/C17H17F2N5O3S/c1-26-17(25)27-9-10-4-13-12(11-5-22-24(8-11)16(18)19)6-21-14(23(13)7-10)15-20-2-3-28-15/h2-3,5,8,10,16H,4,6-7,9H2,1H3. The lowest BCUT2D eigenvalue weighted by Gasteiger charge is -2.27. The van der Waals surface area contributed by atoms with Gasteiger partial charge in [-0.05, 0) is 6.42 Å². The van der Waals surface area contributed by atoms with Gasteiger partial charge in [-0.3, -0.25) is 4.99 Å². The monoisotopic (exact) mass is 409 g/mol. The van der Waals surface area contributed by atoms with Gasteiger partial charge in [0.15, 0.2) is 10.8 Å². The Morgan fingerprint density at radius 2 is 2.32 bits per heavy atom. The van der Waals surface area contributed by atoms with E-state index in [9.17, 15) is 13.6 Å². The molecule has 0 N–H and O–H groups in total. The first kappa shape index (κ1) is 18.5. The summed E-state index contributed by atoms with van der Waals surface area (Å²) in [6, 6.07) is 0. The second-order valence-electron chi connectivity index (χ2n) is 6.33. The molecule has 2 aliphatic heterocycles. The van der Waals surface area contributed by atoms with E-state index in [2.05, 4.69) is 19.8 Å². The number of aromatic nitrogens is 3. The first-order valence-corrected chi connectivity index (χ1v) is 9.42. The molecule has 2 aliphatic rings. The molecule has 4 rings (SSSR count). The molecule has 0 spiro atoms. The summed E-state index contributed by atoms with van der Waals surface area (Å²) in [6.45, 7) is -1.57. The van der Waals surface area contributed by atoms with Crippen molar-refractivity contribution in [2.75, 3.05) is 26.8 Å². The van der Waals surface area contributed by atoms with Crippen molar-refractivity contribution in [3.8, 4) is 0 Å². The average Bonchev–Trinajstić information content (AvgIpc) is 3.45. The third-order valence-electron chi connectivity index (χ3n) is 4.62. The molecule has 0 bridgehead atoms. The van der Waals surface area contributed by atoms with E-state index in [1.54, 1.807) is 6.20 Å². The molecule has 1 unspecified atom stereocenters. The van der Waals surface area contributed by atoms with Crippen LogP contribution in [0.5, 0.6) is 0 Å².